The van der Waals surface area contributed by atoms with Gasteiger partial charge in [-0.05, 0) is 56.8 Å². The van der Waals surface area contributed by atoms with E-state index in [1.54, 1.807) is 12.1 Å². The first-order valence-corrected chi connectivity index (χ1v) is 8.70. The maximum Gasteiger partial charge on any atom is 0.335 e. The Morgan fingerprint density at radius 3 is 2.75 bits per heavy atom. The number of imidazole rings is 1. The summed E-state index contributed by atoms with van der Waals surface area (Å²) in [5.41, 5.74) is 2.69. The number of hydrogen-bond donors (Lipinski definition) is 1. The first-order chi connectivity index (χ1) is 11.7. The number of piperidine rings is 1. The fourth-order valence-electron chi connectivity index (χ4n) is 3.56. The minimum Gasteiger partial charge on any atom is -0.478 e. The summed E-state index contributed by atoms with van der Waals surface area (Å²) in [5, 5.41) is 9.31. The third-order valence-corrected chi connectivity index (χ3v) is 4.99. The first kappa shape index (κ1) is 16.7. The highest BCUT2D eigenvalue weighted by Gasteiger charge is 2.22. The first-order valence-electron chi connectivity index (χ1n) is 8.70. The minimum atomic E-state index is -0.823. The highest BCUT2D eigenvalue weighted by Crippen LogP contribution is 2.24. The Labute approximate surface area is 142 Å². The number of carboxylic acids is 1. The summed E-state index contributed by atoms with van der Waals surface area (Å²) in [4.78, 5) is 18.0. The van der Waals surface area contributed by atoms with E-state index in [0.29, 0.717) is 11.5 Å². The zero-order valence-corrected chi connectivity index (χ0v) is 14.2. The smallest absolute Gasteiger partial charge is 0.335 e. The van der Waals surface area contributed by atoms with E-state index in [0.717, 1.165) is 51.0 Å². The van der Waals surface area contributed by atoms with E-state index < -0.39 is 5.97 Å². The van der Waals surface area contributed by atoms with Crippen LogP contribution in [0, 0.1) is 5.92 Å². The molecule has 1 aliphatic rings. The largest absolute Gasteiger partial charge is 0.478 e. The van der Waals surface area contributed by atoms with Gasteiger partial charge in [0, 0.05) is 19.3 Å². The maximum absolute atomic E-state index is 11.3. The molecule has 1 saturated heterocycles. The highest BCUT2D eigenvalue weighted by atomic mass is 16.4. The number of carboxylic acid groups (broad SMARTS) is 1. The average molecular weight is 327 g/mol. The molecule has 0 amide bonds. The topological polar surface area (TPSA) is 58.4 Å². The molecule has 1 aromatic carbocycles. The van der Waals surface area contributed by atoms with Crippen molar-refractivity contribution in [1.82, 2.24) is 14.5 Å². The van der Waals surface area contributed by atoms with Gasteiger partial charge in [0.25, 0.3) is 0 Å². The molecule has 24 heavy (non-hydrogen) atoms. The Bertz CT molecular complexity index is 687. The Morgan fingerprint density at radius 2 is 2.04 bits per heavy atom. The Balaban J connectivity index is 1.55. The fraction of sp³-hybridized carbons (Fsp3) is 0.474. The van der Waals surface area contributed by atoms with Crippen LogP contribution in [0.15, 0.2) is 36.8 Å². The number of benzene rings is 1. The number of aromatic nitrogens is 2. The predicted octanol–water partition coefficient (Wildman–Crippen LogP) is 3.06. The van der Waals surface area contributed by atoms with E-state index in [-0.39, 0.29) is 0 Å². The second-order valence-electron chi connectivity index (χ2n) is 6.56. The molecular weight excluding hydrogens is 302 g/mol. The van der Waals surface area contributed by atoms with Gasteiger partial charge in [-0.15, -0.1) is 0 Å². The van der Waals surface area contributed by atoms with Crippen molar-refractivity contribution < 1.29 is 9.90 Å². The van der Waals surface area contributed by atoms with Crippen LogP contribution >= 0.6 is 0 Å². The Hall–Kier alpha value is -2.14. The van der Waals surface area contributed by atoms with E-state index in [4.69, 9.17) is 0 Å². The van der Waals surface area contributed by atoms with Crippen LogP contribution < -0.4 is 0 Å². The molecule has 0 aliphatic carbocycles. The summed E-state index contributed by atoms with van der Waals surface area (Å²) in [7, 11) is 0. The predicted molar refractivity (Wildman–Crippen MR) is 93.0 cm³/mol. The molecule has 3 rings (SSSR count). The number of hydrogen-bond acceptors (Lipinski definition) is 3. The molecule has 1 fully saturated rings. The number of nitrogens with zero attached hydrogens (tertiary/aromatic N) is 3. The van der Waals surface area contributed by atoms with Gasteiger partial charge >= 0.3 is 5.97 Å². The molecule has 5 nitrogen and oxygen atoms in total. The molecule has 0 unspecified atom stereocenters. The van der Waals surface area contributed by atoms with Gasteiger partial charge in [-0.25, -0.2) is 9.78 Å². The molecule has 1 aromatic heterocycles. The van der Waals surface area contributed by atoms with E-state index in [1.807, 2.05) is 24.7 Å². The van der Waals surface area contributed by atoms with E-state index in [1.165, 1.54) is 5.69 Å². The molecule has 1 aliphatic heterocycles. The van der Waals surface area contributed by atoms with Crippen molar-refractivity contribution in [2.24, 2.45) is 5.92 Å². The average Bonchev–Trinajstić information content (AvgIpc) is 3.04. The molecule has 1 N–H and O–H groups in total. The van der Waals surface area contributed by atoms with E-state index >= 15 is 0 Å². The molecular formula is C19H25N3O2. The molecule has 0 saturated carbocycles. The number of carbonyl (C=O) groups is 1. The SMILES string of the molecule is CCn1cncc1CN1CCC(Cc2ccccc2C(=O)O)CC1. The lowest BCUT2D eigenvalue weighted by atomic mass is 9.88. The zero-order valence-electron chi connectivity index (χ0n) is 14.2. The monoisotopic (exact) mass is 327 g/mol. The number of likely N-dealkylation sites (tertiary alicyclic amines) is 1. The quantitative estimate of drug-likeness (QED) is 0.886. The van der Waals surface area contributed by atoms with Gasteiger partial charge in [0.15, 0.2) is 0 Å². The van der Waals surface area contributed by atoms with E-state index in [9.17, 15) is 9.90 Å². The van der Waals surface area contributed by atoms with Crippen molar-refractivity contribution in [2.45, 2.75) is 39.3 Å². The summed E-state index contributed by atoms with van der Waals surface area (Å²) < 4.78 is 2.19. The Morgan fingerprint density at radius 1 is 1.29 bits per heavy atom. The van der Waals surface area contributed by atoms with Gasteiger partial charge < -0.3 is 9.67 Å². The summed E-state index contributed by atoms with van der Waals surface area (Å²) in [6, 6.07) is 7.39. The van der Waals surface area contributed by atoms with Crippen LogP contribution in [0.3, 0.4) is 0 Å². The molecule has 2 aromatic rings. The second-order valence-corrected chi connectivity index (χ2v) is 6.56. The zero-order chi connectivity index (χ0) is 16.9. The lowest BCUT2D eigenvalue weighted by Gasteiger charge is -2.32. The van der Waals surface area contributed by atoms with Crippen LogP contribution in [0.4, 0.5) is 0 Å². The van der Waals surface area contributed by atoms with E-state index in [2.05, 4.69) is 21.4 Å². The minimum absolute atomic E-state index is 0.451. The lowest BCUT2D eigenvalue weighted by molar-refractivity contribution is 0.0695. The van der Waals surface area contributed by atoms with Gasteiger partial charge in [0.05, 0.1) is 17.6 Å². The number of rotatable bonds is 6. The Kier molecular flexibility index (Phi) is 5.30. The summed E-state index contributed by atoms with van der Waals surface area (Å²) in [5.74, 6) is -0.256. The van der Waals surface area contributed by atoms with Crippen LogP contribution in [0.1, 0.15) is 41.4 Å². The standard InChI is InChI=1S/C19H25N3O2/c1-2-22-14-20-12-17(22)13-21-9-7-15(8-10-21)11-16-5-3-4-6-18(16)19(23)24/h3-6,12,14-15H,2,7-11,13H2,1H3,(H,23,24). The normalized spacial score (nSPS) is 16.4. The number of aryl methyl sites for hydroxylation is 1. The molecule has 0 spiro atoms. The van der Waals surface area contributed by atoms with Crippen LogP contribution in [0.2, 0.25) is 0 Å². The van der Waals surface area contributed by atoms with Gasteiger partial charge in [0.2, 0.25) is 0 Å². The van der Waals surface area contributed by atoms with Crippen LogP contribution in [-0.2, 0) is 19.5 Å². The lowest BCUT2D eigenvalue weighted by Crippen LogP contribution is -2.34. The summed E-state index contributed by atoms with van der Waals surface area (Å²) in [6.45, 7) is 6.17. The highest BCUT2D eigenvalue weighted by molar-refractivity contribution is 5.89. The van der Waals surface area contributed by atoms with Crippen LogP contribution in [0.25, 0.3) is 0 Å². The summed E-state index contributed by atoms with van der Waals surface area (Å²) in [6.07, 6.45) is 6.95. The maximum atomic E-state index is 11.3. The van der Waals surface area contributed by atoms with Crippen molar-refractivity contribution >= 4 is 5.97 Å². The molecule has 0 bridgehead atoms. The summed E-state index contributed by atoms with van der Waals surface area (Å²) >= 11 is 0. The second kappa shape index (κ2) is 7.62. The number of aromatic carboxylic acids is 1. The van der Waals surface area contributed by atoms with Crippen molar-refractivity contribution in [3.05, 3.63) is 53.6 Å². The third-order valence-electron chi connectivity index (χ3n) is 4.99. The molecule has 5 heteroatoms. The molecule has 0 radical (unpaired) electrons. The van der Waals surface area contributed by atoms with Crippen LogP contribution in [-0.4, -0.2) is 38.6 Å². The van der Waals surface area contributed by atoms with Gasteiger partial charge in [0.1, 0.15) is 0 Å². The van der Waals surface area contributed by atoms with Crippen molar-refractivity contribution in [3.8, 4) is 0 Å². The van der Waals surface area contributed by atoms with Crippen molar-refractivity contribution in [1.29, 1.82) is 0 Å². The molecule has 128 valence electrons. The van der Waals surface area contributed by atoms with Gasteiger partial charge in [-0.3, -0.25) is 4.90 Å². The van der Waals surface area contributed by atoms with Gasteiger partial charge in [-0.1, -0.05) is 18.2 Å². The molecule has 2 heterocycles. The van der Waals surface area contributed by atoms with Crippen molar-refractivity contribution in [2.75, 3.05) is 13.1 Å². The van der Waals surface area contributed by atoms with Crippen molar-refractivity contribution in [3.63, 3.8) is 0 Å². The van der Waals surface area contributed by atoms with Crippen LogP contribution in [0.5, 0.6) is 0 Å². The van der Waals surface area contributed by atoms with Gasteiger partial charge in [-0.2, -0.15) is 0 Å². The molecule has 0 atom stereocenters. The third kappa shape index (κ3) is 3.85. The fourth-order valence-corrected chi connectivity index (χ4v) is 3.56.